The van der Waals surface area contributed by atoms with Crippen molar-refractivity contribution in [3.63, 3.8) is 0 Å². The Balaban J connectivity index is 1.61. The molecule has 0 bridgehead atoms. The fourth-order valence-electron chi connectivity index (χ4n) is 3.06. The molecule has 1 amide bonds. The van der Waals surface area contributed by atoms with Gasteiger partial charge in [0.15, 0.2) is 0 Å². The number of rotatable bonds is 9. The topological polar surface area (TPSA) is 79.3 Å². The summed E-state index contributed by atoms with van der Waals surface area (Å²) in [6.45, 7) is 3.80. The maximum absolute atomic E-state index is 12.3. The Bertz CT molecular complexity index is 870. The van der Waals surface area contributed by atoms with Gasteiger partial charge in [-0.15, -0.1) is 11.3 Å². The third-order valence-electron chi connectivity index (χ3n) is 5.18. The lowest BCUT2D eigenvalue weighted by molar-refractivity contribution is -0.145. The van der Waals surface area contributed by atoms with Crippen molar-refractivity contribution in [2.75, 3.05) is 5.32 Å². The number of carboxylic acids is 1. The largest absolute Gasteiger partial charge is 0.481 e. The maximum atomic E-state index is 12.3. The molecule has 1 aliphatic rings. The van der Waals surface area contributed by atoms with Gasteiger partial charge >= 0.3 is 5.97 Å². The zero-order valence-corrected chi connectivity index (χ0v) is 17.0. The molecule has 1 heterocycles. The van der Waals surface area contributed by atoms with E-state index < -0.39 is 11.9 Å². The summed E-state index contributed by atoms with van der Waals surface area (Å²) in [6, 6.07) is 7.52. The average molecular weight is 399 g/mol. The van der Waals surface area contributed by atoms with Gasteiger partial charge in [0.25, 0.3) is 0 Å². The monoisotopic (exact) mass is 398 g/mol. The fraction of sp³-hybridized carbons (Fsp3) is 0.409. The van der Waals surface area contributed by atoms with Crippen LogP contribution in [0.25, 0.3) is 12.2 Å². The highest BCUT2D eigenvalue weighted by Gasteiger charge is 2.26. The van der Waals surface area contributed by atoms with Crippen molar-refractivity contribution < 1.29 is 14.7 Å². The van der Waals surface area contributed by atoms with Crippen LogP contribution in [0.3, 0.4) is 0 Å². The molecule has 5 nitrogen and oxygen atoms in total. The normalized spacial score (nSPS) is 16.1. The van der Waals surface area contributed by atoms with Crippen molar-refractivity contribution in [1.29, 1.82) is 0 Å². The van der Waals surface area contributed by atoms with Crippen LogP contribution in [0.15, 0.2) is 29.6 Å². The molecular formula is C22H26N2O3S. The highest BCUT2D eigenvalue weighted by molar-refractivity contribution is 7.10. The Labute approximate surface area is 169 Å². The molecule has 1 saturated carbocycles. The molecule has 2 atom stereocenters. The molecule has 1 aromatic heterocycles. The Morgan fingerprint density at radius 1 is 1.36 bits per heavy atom. The molecule has 0 radical (unpaired) electrons. The van der Waals surface area contributed by atoms with Crippen molar-refractivity contribution in [2.45, 2.75) is 45.4 Å². The van der Waals surface area contributed by atoms with Gasteiger partial charge in [-0.2, -0.15) is 0 Å². The number of carbonyl (C=O) groups is 2. The van der Waals surface area contributed by atoms with Crippen LogP contribution >= 0.6 is 11.3 Å². The second kappa shape index (κ2) is 9.15. The molecule has 1 aromatic carbocycles. The van der Waals surface area contributed by atoms with Gasteiger partial charge in [-0.05, 0) is 42.5 Å². The van der Waals surface area contributed by atoms with Crippen LogP contribution in [0.2, 0.25) is 0 Å². The molecule has 28 heavy (non-hydrogen) atoms. The van der Waals surface area contributed by atoms with Gasteiger partial charge in [0.2, 0.25) is 5.91 Å². The summed E-state index contributed by atoms with van der Waals surface area (Å²) in [6.07, 6.45) is 7.16. The van der Waals surface area contributed by atoms with Gasteiger partial charge in [-0.1, -0.05) is 38.5 Å². The van der Waals surface area contributed by atoms with Gasteiger partial charge in [0, 0.05) is 23.4 Å². The van der Waals surface area contributed by atoms with Crippen LogP contribution < -0.4 is 5.32 Å². The lowest BCUT2D eigenvalue weighted by Crippen LogP contribution is -2.27. The predicted molar refractivity (Wildman–Crippen MR) is 113 cm³/mol. The number of thiazole rings is 1. The van der Waals surface area contributed by atoms with Crippen LogP contribution in [0.5, 0.6) is 0 Å². The van der Waals surface area contributed by atoms with Crippen molar-refractivity contribution in [3.8, 4) is 0 Å². The lowest BCUT2D eigenvalue weighted by Gasteiger charge is -2.18. The van der Waals surface area contributed by atoms with Crippen LogP contribution in [0, 0.1) is 11.8 Å². The third kappa shape index (κ3) is 5.52. The van der Waals surface area contributed by atoms with Crippen molar-refractivity contribution >= 4 is 41.1 Å². The van der Waals surface area contributed by atoms with Gasteiger partial charge in [-0.25, -0.2) is 4.98 Å². The Morgan fingerprint density at radius 3 is 2.82 bits per heavy atom. The molecule has 2 N–H and O–H groups in total. The van der Waals surface area contributed by atoms with Crippen LogP contribution in [-0.4, -0.2) is 22.0 Å². The number of carboxylic acid groups (broad SMARTS) is 1. The summed E-state index contributed by atoms with van der Waals surface area (Å²) in [5.74, 6) is -1.25. The van der Waals surface area contributed by atoms with E-state index in [4.69, 9.17) is 0 Å². The first kappa shape index (κ1) is 20.3. The van der Waals surface area contributed by atoms with E-state index in [0.717, 1.165) is 17.0 Å². The Morgan fingerprint density at radius 2 is 2.14 bits per heavy atom. The molecule has 0 spiro atoms. The minimum Gasteiger partial charge on any atom is -0.481 e. The average Bonchev–Trinajstić information content (AvgIpc) is 3.42. The molecule has 1 aliphatic carbocycles. The number of aromatic nitrogens is 1. The molecule has 3 rings (SSSR count). The van der Waals surface area contributed by atoms with Gasteiger partial charge in [-0.3, -0.25) is 9.59 Å². The molecule has 1 fully saturated rings. The zero-order chi connectivity index (χ0) is 20.1. The number of nitrogens with zero attached hydrogens (tertiary/aromatic N) is 1. The van der Waals surface area contributed by atoms with Gasteiger partial charge in [0.1, 0.15) is 5.01 Å². The predicted octanol–water partition coefficient (Wildman–Crippen LogP) is 5.27. The number of benzene rings is 1. The zero-order valence-electron chi connectivity index (χ0n) is 16.2. The first-order chi connectivity index (χ1) is 13.5. The number of hydrogen-bond acceptors (Lipinski definition) is 4. The quantitative estimate of drug-likeness (QED) is 0.603. The van der Waals surface area contributed by atoms with Crippen molar-refractivity contribution in [2.24, 2.45) is 11.8 Å². The van der Waals surface area contributed by atoms with E-state index >= 15 is 0 Å². The SMILES string of the molecule is CCC(C)C(CC(=O)Nc1cccc(C=Cc2nc(C3CC3)cs2)c1)C(=O)O. The van der Waals surface area contributed by atoms with Crippen LogP contribution in [0.4, 0.5) is 5.69 Å². The smallest absolute Gasteiger partial charge is 0.307 e. The van der Waals surface area contributed by atoms with E-state index in [1.165, 1.54) is 18.5 Å². The highest BCUT2D eigenvalue weighted by atomic mass is 32.1. The van der Waals surface area contributed by atoms with E-state index in [0.29, 0.717) is 11.6 Å². The molecular weight excluding hydrogens is 372 g/mol. The molecule has 0 saturated heterocycles. The molecule has 0 aliphatic heterocycles. The van der Waals surface area contributed by atoms with Gasteiger partial charge < -0.3 is 10.4 Å². The Kier molecular flexibility index (Phi) is 6.62. The summed E-state index contributed by atoms with van der Waals surface area (Å²) in [4.78, 5) is 28.4. The van der Waals surface area contributed by atoms with Gasteiger partial charge in [0.05, 0.1) is 11.6 Å². The van der Waals surface area contributed by atoms with Crippen molar-refractivity contribution in [3.05, 3.63) is 45.9 Å². The molecule has 2 aromatic rings. The molecule has 148 valence electrons. The fourth-order valence-corrected chi connectivity index (χ4v) is 3.85. The summed E-state index contributed by atoms with van der Waals surface area (Å²) >= 11 is 1.64. The number of amides is 1. The van der Waals surface area contributed by atoms with Crippen LogP contribution in [-0.2, 0) is 9.59 Å². The maximum Gasteiger partial charge on any atom is 0.307 e. The summed E-state index contributed by atoms with van der Waals surface area (Å²) in [7, 11) is 0. The van der Waals surface area contributed by atoms with Crippen molar-refractivity contribution in [1.82, 2.24) is 4.98 Å². The number of carbonyl (C=O) groups excluding carboxylic acids is 1. The number of aliphatic carboxylic acids is 1. The summed E-state index contributed by atoms with van der Waals surface area (Å²) in [5.41, 5.74) is 2.82. The third-order valence-corrected chi connectivity index (χ3v) is 6.01. The number of hydrogen-bond donors (Lipinski definition) is 2. The first-order valence-corrected chi connectivity index (χ1v) is 10.6. The second-order valence-corrected chi connectivity index (χ2v) is 8.32. The molecule has 2 unspecified atom stereocenters. The minimum absolute atomic E-state index is 0.0204. The number of nitrogens with one attached hydrogen (secondary N) is 1. The minimum atomic E-state index is -0.921. The second-order valence-electron chi connectivity index (χ2n) is 7.43. The van der Waals surface area contributed by atoms with E-state index in [9.17, 15) is 14.7 Å². The van der Waals surface area contributed by atoms with E-state index in [-0.39, 0.29) is 18.2 Å². The van der Waals surface area contributed by atoms with E-state index in [2.05, 4.69) is 15.7 Å². The van der Waals surface area contributed by atoms with E-state index in [1.807, 2.05) is 50.3 Å². The highest BCUT2D eigenvalue weighted by Crippen LogP contribution is 2.40. The molecule has 6 heteroatoms. The van der Waals surface area contributed by atoms with Crippen LogP contribution in [0.1, 0.15) is 61.7 Å². The Hall–Kier alpha value is -2.47. The summed E-state index contributed by atoms with van der Waals surface area (Å²) in [5, 5.41) is 15.3. The summed E-state index contributed by atoms with van der Waals surface area (Å²) < 4.78 is 0. The standard InChI is InChI=1S/C22H26N2O3S/c1-3-14(2)18(22(26)27)12-20(25)23-17-6-4-5-15(11-17)7-10-21-24-19(13-28-21)16-8-9-16/h4-7,10-11,13-14,16,18H,3,8-9,12H2,1-2H3,(H,23,25)(H,26,27). The number of anilines is 1. The van der Waals surface area contributed by atoms with E-state index in [1.54, 1.807) is 11.3 Å². The first-order valence-electron chi connectivity index (χ1n) is 9.72. The lowest BCUT2D eigenvalue weighted by atomic mass is 9.89.